The number of carboxylic acids is 1. The van der Waals surface area contributed by atoms with E-state index in [9.17, 15) is 9.59 Å². The first-order chi connectivity index (χ1) is 6.94. The summed E-state index contributed by atoms with van der Waals surface area (Å²) < 4.78 is 0. The van der Waals surface area contributed by atoms with E-state index in [0.29, 0.717) is 0 Å². The van der Waals surface area contributed by atoms with E-state index in [-0.39, 0.29) is 12.5 Å². The van der Waals surface area contributed by atoms with Crippen LogP contribution in [0.2, 0.25) is 0 Å². The SMILES string of the molecule is CC(C)(C(=O)NCC(=O)O)c1cccs1. The molecule has 0 unspecified atom stereocenters. The summed E-state index contributed by atoms with van der Waals surface area (Å²) in [6.07, 6.45) is 0. The molecule has 1 amide bonds. The van der Waals surface area contributed by atoms with E-state index in [1.165, 1.54) is 11.3 Å². The van der Waals surface area contributed by atoms with Gasteiger partial charge in [0.2, 0.25) is 5.91 Å². The lowest BCUT2D eigenvalue weighted by Crippen LogP contribution is -2.41. The number of nitrogens with one attached hydrogen (secondary N) is 1. The predicted octanol–water partition coefficient (Wildman–Crippen LogP) is 1.23. The Morgan fingerprint density at radius 3 is 2.67 bits per heavy atom. The molecule has 1 aromatic heterocycles. The monoisotopic (exact) mass is 227 g/mol. The van der Waals surface area contributed by atoms with Crippen molar-refractivity contribution in [2.45, 2.75) is 19.3 Å². The summed E-state index contributed by atoms with van der Waals surface area (Å²) in [4.78, 5) is 22.9. The van der Waals surface area contributed by atoms with Crippen molar-refractivity contribution in [1.29, 1.82) is 0 Å². The number of aliphatic carboxylic acids is 1. The van der Waals surface area contributed by atoms with Crippen molar-refractivity contribution in [3.05, 3.63) is 22.4 Å². The van der Waals surface area contributed by atoms with Crippen LogP contribution in [0.1, 0.15) is 18.7 Å². The molecule has 0 spiro atoms. The molecule has 1 aromatic rings. The molecular formula is C10H13NO3S. The van der Waals surface area contributed by atoms with Gasteiger partial charge in [-0.2, -0.15) is 0 Å². The molecular weight excluding hydrogens is 214 g/mol. The van der Waals surface area contributed by atoms with Crippen LogP contribution in [-0.4, -0.2) is 23.5 Å². The quantitative estimate of drug-likeness (QED) is 0.813. The summed E-state index contributed by atoms with van der Waals surface area (Å²) in [5, 5.41) is 12.7. The van der Waals surface area contributed by atoms with Crippen LogP contribution in [0.15, 0.2) is 17.5 Å². The van der Waals surface area contributed by atoms with Gasteiger partial charge in [-0.05, 0) is 25.3 Å². The number of hydrogen-bond donors (Lipinski definition) is 2. The first-order valence-electron chi connectivity index (χ1n) is 4.48. The smallest absolute Gasteiger partial charge is 0.322 e. The van der Waals surface area contributed by atoms with E-state index < -0.39 is 11.4 Å². The van der Waals surface area contributed by atoms with Crippen molar-refractivity contribution in [2.24, 2.45) is 0 Å². The topological polar surface area (TPSA) is 66.4 Å². The zero-order valence-corrected chi connectivity index (χ0v) is 9.43. The average molecular weight is 227 g/mol. The van der Waals surface area contributed by atoms with Gasteiger partial charge in [-0.15, -0.1) is 11.3 Å². The zero-order valence-electron chi connectivity index (χ0n) is 8.61. The molecule has 0 bridgehead atoms. The van der Waals surface area contributed by atoms with Crippen molar-refractivity contribution in [3.63, 3.8) is 0 Å². The molecule has 0 saturated heterocycles. The standard InChI is InChI=1S/C10H13NO3S/c1-10(2,7-4-3-5-15-7)9(14)11-6-8(12)13/h3-5H,6H2,1-2H3,(H,11,14)(H,12,13). The molecule has 15 heavy (non-hydrogen) atoms. The summed E-state index contributed by atoms with van der Waals surface area (Å²) in [6.45, 7) is 3.21. The molecule has 0 radical (unpaired) electrons. The maximum Gasteiger partial charge on any atom is 0.322 e. The summed E-state index contributed by atoms with van der Waals surface area (Å²) in [5.41, 5.74) is -0.677. The minimum atomic E-state index is -1.04. The highest BCUT2D eigenvalue weighted by molar-refractivity contribution is 7.10. The van der Waals surface area contributed by atoms with Crippen LogP contribution < -0.4 is 5.32 Å². The third-order valence-electron chi connectivity index (χ3n) is 2.11. The molecule has 0 fully saturated rings. The Labute approximate surface area is 91.9 Å². The van der Waals surface area contributed by atoms with Gasteiger partial charge in [-0.1, -0.05) is 6.07 Å². The third kappa shape index (κ3) is 2.79. The fourth-order valence-corrected chi connectivity index (χ4v) is 1.97. The van der Waals surface area contributed by atoms with Crippen molar-refractivity contribution in [3.8, 4) is 0 Å². The van der Waals surface area contributed by atoms with E-state index in [2.05, 4.69) is 5.32 Å². The van der Waals surface area contributed by atoms with Crippen LogP contribution in [0.3, 0.4) is 0 Å². The number of thiophene rings is 1. The second-order valence-corrected chi connectivity index (χ2v) is 4.63. The Morgan fingerprint density at radius 1 is 1.53 bits per heavy atom. The molecule has 0 atom stereocenters. The van der Waals surface area contributed by atoms with Crippen LogP contribution >= 0.6 is 11.3 Å². The van der Waals surface area contributed by atoms with E-state index in [4.69, 9.17) is 5.11 Å². The van der Waals surface area contributed by atoms with E-state index >= 15 is 0 Å². The number of amides is 1. The van der Waals surface area contributed by atoms with Crippen LogP contribution in [0, 0.1) is 0 Å². The molecule has 5 heteroatoms. The highest BCUT2D eigenvalue weighted by atomic mass is 32.1. The Morgan fingerprint density at radius 2 is 2.20 bits per heavy atom. The van der Waals surface area contributed by atoms with Crippen LogP contribution in [0.5, 0.6) is 0 Å². The number of rotatable bonds is 4. The molecule has 1 heterocycles. The van der Waals surface area contributed by atoms with Gasteiger partial charge in [-0.3, -0.25) is 9.59 Å². The van der Waals surface area contributed by atoms with Gasteiger partial charge in [0.15, 0.2) is 0 Å². The highest BCUT2D eigenvalue weighted by Gasteiger charge is 2.30. The van der Waals surface area contributed by atoms with Gasteiger partial charge < -0.3 is 10.4 Å². The van der Waals surface area contributed by atoms with Crippen molar-refractivity contribution in [1.82, 2.24) is 5.32 Å². The Kier molecular flexibility index (Phi) is 3.47. The van der Waals surface area contributed by atoms with Gasteiger partial charge >= 0.3 is 5.97 Å². The molecule has 0 aliphatic carbocycles. The molecule has 2 N–H and O–H groups in total. The van der Waals surface area contributed by atoms with Gasteiger partial charge in [0.05, 0.1) is 5.41 Å². The summed E-state index contributed by atoms with van der Waals surface area (Å²) in [6, 6.07) is 3.73. The van der Waals surface area contributed by atoms with Gasteiger partial charge in [0.25, 0.3) is 0 Å². The number of carbonyl (C=O) groups is 2. The number of hydrogen-bond acceptors (Lipinski definition) is 3. The van der Waals surface area contributed by atoms with Gasteiger partial charge in [-0.25, -0.2) is 0 Å². The van der Waals surface area contributed by atoms with Gasteiger partial charge in [0, 0.05) is 4.88 Å². The molecule has 1 rings (SSSR count). The zero-order chi connectivity index (χ0) is 11.5. The Bertz CT molecular complexity index is 357. The molecule has 82 valence electrons. The predicted molar refractivity (Wildman–Crippen MR) is 58.0 cm³/mol. The van der Waals surface area contributed by atoms with Crippen molar-refractivity contribution >= 4 is 23.2 Å². The van der Waals surface area contributed by atoms with Gasteiger partial charge in [0.1, 0.15) is 6.54 Å². The normalized spacial score (nSPS) is 11.1. The largest absolute Gasteiger partial charge is 0.480 e. The van der Waals surface area contributed by atoms with Crippen molar-refractivity contribution in [2.75, 3.05) is 6.54 Å². The van der Waals surface area contributed by atoms with Crippen LogP contribution in [0.25, 0.3) is 0 Å². The molecule has 0 aliphatic heterocycles. The van der Waals surface area contributed by atoms with E-state index in [1.807, 2.05) is 17.5 Å². The minimum absolute atomic E-state index is 0.271. The maximum absolute atomic E-state index is 11.7. The van der Waals surface area contributed by atoms with Crippen LogP contribution in [-0.2, 0) is 15.0 Å². The lowest BCUT2D eigenvalue weighted by atomic mass is 9.90. The number of carbonyl (C=O) groups excluding carboxylic acids is 1. The van der Waals surface area contributed by atoms with Crippen molar-refractivity contribution < 1.29 is 14.7 Å². The molecule has 0 saturated carbocycles. The first kappa shape index (κ1) is 11.7. The first-order valence-corrected chi connectivity index (χ1v) is 5.36. The Balaban J connectivity index is 2.70. The number of carboxylic acid groups (broad SMARTS) is 1. The van der Waals surface area contributed by atoms with E-state index in [1.54, 1.807) is 13.8 Å². The lowest BCUT2D eigenvalue weighted by Gasteiger charge is -2.21. The van der Waals surface area contributed by atoms with E-state index in [0.717, 1.165) is 4.88 Å². The summed E-state index contributed by atoms with van der Waals surface area (Å²) in [5.74, 6) is -1.31. The highest BCUT2D eigenvalue weighted by Crippen LogP contribution is 2.27. The summed E-state index contributed by atoms with van der Waals surface area (Å²) in [7, 11) is 0. The average Bonchev–Trinajstić information content (AvgIpc) is 2.66. The lowest BCUT2D eigenvalue weighted by molar-refractivity contribution is -0.138. The minimum Gasteiger partial charge on any atom is -0.480 e. The summed E-state index contributed by atoms with van der Waals surface area (Å²) >= 11 is 1.48. The molecule has 0 aromatic carbocycles. The van der Waals surface area contributed by atoms with Crippen LogP contribution in [0.4, 0.5) is 0 Å². The molecule has 0 aliphatic rings. The maximum atomic E-state index is 11.7. The molecule has 4 nitrogen and oxygen atoms in total. The fraction of sp³-hybridized carbons (Fsp3) is 0.400. The third-order valence-corrected chi connectivity index (χ3v) is 3.30. The fourth-order valence-electron chi connectivity index (χ4n) is 1.12. The second-order valence-electron chi connectivity index (χ2n) is 3.68. The second kappa shape index (κ2) is 4.44. The Hall–Kier alpha value is -1.36.